The van der Waals surface area contributed by atoms with E-state index < -0.39 is 17.0 Å². The summed E-state index contributed by atoms with van der Waals surface area (Å²) in [5.74, 6) is 0.165. The van der Waals surface area contributed by atoms with Crippen molar-refractivity contribution in [1.29, 1.82) is 0 Å². The summed E-state index contributed by atoms with van der Waals surface area (Å²) in [6, 6.07) is 0. The van der Waals surface area contributed by atoms with E-state index in [1.165, 1.54) is 0 Å². The minimum atomic E-state index is -1.60. The van der Waals surface area contributed by atoms with Crippen molar-refractivity contribution in [2.24, 2.45) is 0 Å². The molecule has 1 saturated heterocycles. The van der Waals surface area contributed by atoms with Crippen molar-refractivity contribution in [3.05, 3.63) is 0 Å². The van der Waals surface area contributed by atoms with Crippen LogP contribution in [0.15, 0.2) is 0 Å². The molecule has 1 atom stereocenters. The average molecular weight is 159 g/mol. The lowest BCUT2D eigenvalue weighted by Crippen LogP contribution is -2.24. The molecule has 0 aromatic heterocycles. The minimum Gasteiger partial charge on any atom is -0.296 e. The van der Waals surface area contributed by atoms with Gasteiger partial charge in [-0.05, 0) is 6.42 Å². The molecule has 55 valence electrons. The number of hydrogen-bond donors (Lipinski definition) is 0. The largest absolute Gasteiger partial charge is 0.296 e. The number of hydrogen-bond acceptors (Lipinski definition) is 3. The fourth-order valence-electron chi connectivity index (χ4n) is 0.757. The number of Topliss-reactive ketones (excluding diaryl/α,β-unsaturated/α-hetero) is 1. The predicted molar refractivity (Wildman–Crippen MR) is 36.2 cm³/mol. The maximum Gasteiger partial charge on any atom is 0.228 e. The van der Waals surface area contributed by atoms with Gasteiger partial charge in [0.1, 0.15) is 0 Å². The summed E-state index contributed by atoms with van der Waals surface area (Å²) >= 11 is 0.979. The van der Waals surface area contributed by atoms with Crippen LogP contribution in [0.3, 0.4) is 0 Å². The molecular weight excluding hydrogens is 152 g/mol. The predicted octanol–water partition coefficient (Wildman–Crippen LogP) is 0.408. The number of carbonyl (C=O) groups is 2. The molecule has 3 nitrogen and oxygen atoms in total. The van der Waals surface area contributed by atoms with Gasteiger partial charge in [-0.25, -0.2) is 5.11 Å². The molecule has 1 fully saturated rings. The number of thioether (sulfide) groups is 1. The second kappa shape index (κ2) is 3.16. The van der Waals surface area contributed by atoms with Gasteiger partial charge in [-0.15, -0.1) is 0 Å². The van der Waals surface area contributed by atoms with Gasteiger partial charge in [-0.1, -0.05) is 11.8 Å². The van der Waals surface area contributed by atoms with Crippen LogP contribution in [0.25, 0.3) is 0 Å². The van der Waals surface area contributed by atoms with Gasteiger partial charge in [-0.2, -0.15) is 0 Å². The van der Waals surface area contributed by atoms with E-state index >= 15 is 0 Å². The van der Waals surface area contributed by atoms with E-state index in [1.807, 2.05) is 0 Å². The average Bonchev–Trinajstić information content (AvgIpc) is 2.04. The van der Waals surface area contributed by atoms with Crippen LogP contribution in [0.5, 0.6) is 0 Å². The van der Waals surface area contributed by atoms with E-state index in [9.17, 15) is 14.7 Å². The molecule has 0 N–H and O–H groups in total. The van der Waals surface area contributed by atoms with Crippen molar-refractivity contribution in [3.8, 4) is 0 Å². The second-order valence-corrected chi connectivity index (χ2v) is 3.22. The van der Waals surface area contributed by atoms with Gasteiger partial charge in [0, 0.05) is 12.2 Å². The second-order valence-electron chi connectivity index (χ2n) is 2.12. The lowest BCUT2D eigenvalue weighted by Gasteiger charge is -1.97. The molecule has 1 heterocycles. The first-order valence-corrected chi connectivity index (χ1v) is 4.05. The Balaban J connectivity index is 2.64. The van der Waals surface area contributed by atoms with Crippen LogP contribution in [0, 0.1) is 0 Å². The zero-order valence-corrected chi connectivity index (χ0v) is 6.15. The Kier molecular flexibility index (Phi) is 2.45. The van der Waals surface area contributed by atoms with Crippen LogP contribution in [-0.2, 0) is 14.7 Å². The van der Waals surface area contributed by atoms with Crippen LogP contribution in [0.2, 0.25) is 0 Å². The topological polar surface area (TPSA) is 54.0 Å². The molecule has 0 spiro atoms. The Morgan fingerprint density at radius 3 is 2.80 bits per heavy atom. The zero-order valence-electron chi connectivity index (χ0n) is 5.33. The number of carbonyl (C=O) groups excluding carboxylic acids is 2. The molecule has 0 bridgehead atoms. The van der Waals surface area contributed by atoms with Gasteiger partial charge in [0.2, 0.25) is 11.2 Å². The van der Waals surface area contributed by atoms with E-state index in [0.717, 1.165) is 11.8 Å². The number of rotatable bonds is 0. The summed E-state index contributed by atoms with van der Waals surface area (Å²) in [5.41, 5.74) is 0. The summed E-state index contributed by atoms with van der Waals surface area (Å²) in [5, 5.41) is 10.2. The zero-order chi connectivity index (χ0) is 7.56. The lowest BCUT2D eigenvalue weighted by atomic mass is 10.1. The summed E-state index contributed by atoms with van der Waals surface area (Å²) in [6.07, 6.45) is -0.673. The highest BCUT2D eigenvalue weighted by atomic mass is 32.2. The van der Waals surface area contributed by atoms with Crippen LogP contribution in [0.4, 0.5) is 0 Å². The third-order valence-corrected chi connectivity index (χ3v) is 2.31. The van der Waals surface area contributed by atoms with Crippen molar-refractivity contribution >= 4 is 22.7 Å². The van der Waals surface area contributed by atoms with Crippen molar-refractivity contribution in [1.82, 2.24) is 0 Å². The fraction of sp³-hybridized carbons (Fsp3) is 0.667. The lowest BCUT2D eigenvalue weighted by molar-refractivity contribution is -0.137. The quantitative estimate of drug-likeness (QED) is 0.481. The molecule has 4 heteroatoms. The molecule has 0 aromatic rings. The van der Waals surface area contributed by atoms with E-state index in [0.29, 0.717) is 12.2 Å². The SMILES string of the molecule is [O]C1C(=O)CCCSC1=O. The third kappa shape index (κ3) is 1.58. The Morgan fingerprint density at radius 1 is 1.40 bits per heavy atom. The highest BCUT2D eigenvalue weighted by Crippen LogP contribution is 2.16. The standard InChI is InChI=1S/C6H7O3S/c7-4-2-1-3-10-6(9)5(4)8/h5H,1-3H2. The van der Waals surface area contributed by atoms with E-state index in [-0.39, 0.29) is 6.42 Å². The van der Waals surface area contributed by atoms with Gasteiger partial charge in [0.15, 0.2) is 5.78 Å². The molecule has 0 saturated carbocycles. The number of ketones is 1. The maximum atomic E-state index is 10.7. The van der Waals surface area contributed by atoms with Crippen LogP contribution < -0.4 is 0 Å². The van der Waals surface area contributed by atoms with E-state index in [2.05, 4.69) is 0 Å². The first-order chi connectivity index (χ1) is 4.72. The van der Waals surface area contributed by atoms with Crippen molar-refractivity contribution in [2.45, 2.75) is 18.9 Å². The maximum absolute atomic E-state index is 10.7. The van der Waals surface area contributed by atoms with Crippen LogP contribution in [-0.4, -0.2) is 22.8 Å². The fourth-order valence-corrected chi connectivity index (χ4v) is 1.53. The van der Waals surface area contributed by atoms with Crippen molar-refractivity contribution in [2.75, 3.05) is 5.75 Å². The van der Waals surface area contributed by atoms with E-state index in [4.69, 9.17) is 0 Å². The molecular formula is C6H7O3S. The van der Waals surface area contributed by atoms with Gasteiger partial charge in [0.25, 0.3) is 0 Å². The van der Waals surface area contributed by atoms with Gasteiger partial charge in [0.05, 0.1) is 0 Å². The Labute approximate surface area is 62.8 Å². The smallest absolute Gasteiger partial charge is 0.228 e. The van der Waals surface area contributed by atoms with Crippen LogP contribution in [0.1, 0.15) is 12.8 Å². The highest BCUT2D eigenvalue weighted by molar-refractivity contribution is 8.13. The molecule has 1 radical (unpaired) electrons. The van der Waals surface area contributed by atoms with Gasteiger partial charge < -0.3 is 0 Å². The van der Waals surface area contributed by atoms with Crippen LogP contribution >= 0.6 is 11.8 Å². The van der Waals surface area contributed by atoms with E-state index in [1.54, 1.807) is 0 Å². The summed E-state index contributed by atoms with van der Waals surface area (Å²) in [7, 11) is 0. The first-order valence-electron chi connectivity index (χ1n) is 3.07. The third-order valence-electron chi connectivity index (χ3n) is 1.32. The highest BCUT2D eigenvalue weighted by Gasteiger charge is 2.27. The van der Waals surface area contributed by atoms with Crippen molar-refractivity contribution in [3.63, 3.8) is 0 Å². The summed E-state index contributed by atoms with van der Waals surface area (Å²) in [4.78, 5) is 21.3. The molecule has 1 unspecified atom stereocenters. The molecule has 0 aromatic carbocycles. The van der Waals surface area contributed by atoms with Gasteiger partial charge >= 0.3 is 0 Å². The van der Waals surface area contributed by atoms with Gasteiger partial charge in [-0.3, -0.25) is 9.59 Å². The molecule has 1 aliphatic heterocycles. The Bertz CT molecular complexity index is 148. The summed E-state index contributed by atoms with van der Waals surface area (Å²) in [6.45, 7) is 0. The monoisotopic (exact) mass is 159 g/mol. The first kappa shape index (κ1) is 7.75. The normalized spacial score (nSPS) is 28.3. The molecule has 10 heavy (non-hydrogen) atoms. The molecule has 1 rings (SSSR count). The molecule has 0 aliphatic carbocycles. The minimum absolute atomic E-state index is 0.271. The summed E-state index contributed by atoms with van der Waals surface area (Å²) < 4.78 is 0. The molecule has 1 aliphatic rings. The Morgan fingerprint density at radius 2 is 2.10 bits per heavy atom. The Hall–Kier alpha value is -0.350. The van der Waals surface area contributed by atoms with Crippen molar-refractivity contribution < 1.29 is 14.7 Å². The molecule has 0 amide bonds.